The second-order valence-corrected chi connectivity index (χ2v) is 7.93. The molecule has 2 amide bonds. The highest BCUT2D eigenvalue weighted by Gasteiger charge is 2.27. The van der Waals surface area contributed by atoms with E-state index in [1.807, 2.05) is 0 Å². The SMILES string of the molecule is CC(CCC[NH+]=C(N)N)C(=O)NC(CCC[NH+]=C(N)N)C(=O)NC(CCC[NH+]=C(N)N)C(=O)O. The lowest BCUT2D eigenvalue weighted by Gasteiger charge is -2.22. The van der Waals surface area contributed by atoms with E-state index in [0.717, 1.165) is 0 Å². The quantitative estimate of drug-likeness (QED) is 0.0521. The summed E-state index contributed by atoms with van der Waals surface area (Å²) in [5.41, 5.74) is 32.0. The molecule has 0 aliphatic heterocycles. The Hall–Kier alpha value is -3.78. The molecule has 194 valence electrons. The fourth-order valence-corrected chi connectivity index (χ4v) is 2.96. The maximum atomic E-state index is 12.9. The lowest BCUT2D eigenvalue weighted by atomic mass is 10.0. The minimum absolute atomic E-state index is 0.0252. The van der Waals surface area contributed by atoms with Gasteiger partial charge >= 0.3 is 23.8 Å². The van der Waals surface area contributed by atoms with Gasteiger partial charge in [0.1, 0.15) is 12.1 Å². The molecule has 34 heavy (non-hydrogen) atoms. The van der Waals surface area contributed by atoms with E-state index < -0.39 is 24.0 Å². The van der Waals surface area contributed by atoms with Crippen LogP contribution in [0.3, 0.4) is 0 Å². The highest BCUT2D eigenvalue weighted by Crippen LogP contribution is 2.07. The third kappa shape index (κ3) is 15.1. The Morgan fingerprint density at radius 1 is 0.676 bits per heavy atom. The van der Waals surface area contributed by atoms with Crippen LogP contribution in [-0.2, 0) is 14.4 Å². The predicted octanol–water partition coefficient (Wildman–Crippen LogP) is -8.92. The number of aliphatic carboxylic acids is 1. The van der Waals surface area contributed by atoms with Crippen LogP contribution in [0.4, 0.5) is 0 Å². The molecule has 0 aliphatic rings. The van der Waals surface area contributed by atoms with E-state index in [-0.39, 0.29) is 42.5 Å². The molecule has 15 heteroatoms. The summed E-state index contributed by atoms with van der Waals surface area (Å²) in [6.45, 7) is 2.98. The van der Waals surface area contributed by atoms with E-state index in [0.29, 0.717) is 45.3 Å². The monoisotopic (exact) mass is 488 g/mol. The van der Waals surface area contributed by atoms with E-state index >= 15 is 0 Å². The molecule has 0 spiro atoms. The van der Waals surface area contributed by atoms with Gasteiger partial charge in [0.15, 0.2) is 0 Å². The van der Waals surface area contributed by atoms with Gasteiger partial charge in [0, 0.05) is 5.92 Å². The second-order valence-electron chi connectivity index (χ2n) is 7.93. The van der Waals surface area contributed by atoms with Crippen molar-refractivity contribution in [3.63, 3.8) is 0 Å². The highest BCUT2D eigenvalue weighted by molar-refractivity contribution is 5.90. The van der Waals surface area contributed by atoms with Crippen molar-refractivity contribution in [1.82, 2.24) is 10.6 Å². The van der Waals surface area contributed by atoms with E-state index in [2.05, 4.69) is 25.6 Å². The first kappa shape index (κ1) is 30.2. The Kier molecular flexibility index (Phi) is 14.9. The molecule has 0 aromatic rings. The summed E-state index contributed by atoms with van der Waals surface area (Å²) in [6.07, 6.45) is 2.42. The number of carboxylic acid groups (broad SMARTS) is 1. The average Bonchev–Trinajstić information content (AvgIpc) is 2.74. The fourth-order valence-electron chi connectivity index (χ4n) is 2.96. The van der Waals surface area contributed by atoms with Crippen LogP contribution in [0.2, 0.25) is 0 Å². The predicted molar refractivity (Wildman–Crippen MR) is 126 cm³/mol. The Labute approximate surface area is 198 Å². The molecular formula is C19H42N11O4+3. The van der Waals surface area contributed by atoms with Crippen LogP contribution in [-0.4, -0.2) is 72.5 Å². The molecule has 0 aromatic carbocycles. The maximum Gasteiger partial charge on any atom is 0.338 e. The van der Waals surface area contributed by atoms with Crippen molar-refractivity contribution in [2.45, 2.75) is 57.5 Å². The molecule has 0 aliphatic carbocycles. The maximum absolute atomic E-state index is 12.9. The lowest BCUT2D eigenvalue weighted by molar-refractivity contribution is -0.460. The van der Waals surface area contributed by atoms with Gasteiger partial charge in [0.05, 0.1) is 19.6 Å². The fraction of sp³-hybridized carbons (Fsp3) is 0.684. The van der Waals surface area contributed by atoms with Crippen LogP contribution in [0.1, 0.15) is 45.4 Å². The molecule has 3 atom stereocenters. The summed E-state index contributed by atoms with van der Waals surface area (Å²) in [4.78, 5) is 45.3. The molecule has 0 rings (SSSR count). The van der Waals surface area contributed by atoms with E-state index in [1.54, 1.807) is 6.92 Å². The standard InChI is InChI=1S/C19H39N11O4/c1-11(5-2-8-26-17(20)21)14(31)29-12(6-3-9-27-18(22)23)15(32)30-13(16(33)34)7-4-10-28-19(24)25/h11-13H,2-10H2,1H3,(H,29,31)(H,30,32)(H,33,34)(H4,20,21,26)(H4,22,23,27)(H4,24,25,28)/p+3. The van der Waals surface area contributed by atoms with Crippen LogP contribution in [0, 0.1) is 5.92 Å². The van der Waals surface area contributed by atoms with Gasteiger partial charge in [-0.05, 0) is 38.5 Å². The van der Waals surface area contributed by atoms with Gasteiger partial charge in [0.25, 0.3) is 0 Å². The number of nitrogens with two attached hydrogens (primary N) is 6. The molecule has 18 N–H and O–H groups in total. The summed E-state index contributed by atoms with van der Waals surface area (Å²) < 4.78 is 0. The minimum Gasteiger partial charge on any atom is -0.480 e. The highest BCUT2D eigenvalue weighted by atomic mass is 16.4. The van der Waals surface area contributed by atoms with Crippen LogP contribution in [0.5, 0.6) is 0 Å². The van der Waals surface area contributed by atoms with Gasteiger partial charge in [0.2, 0.25) is 11.8 Å². The van der Waals surface area contributed by atoms with E-state index in [9.17, 15) is 19.5 Å². The zero-order valence-corrected chi connectivity index (χ0v) is 19.7. The van der Waals surface area contributed by atoms with Gasteiger partial charge in [-0.1, -0.05) is 6.92 Å². The number of guanidine groups is 3. The summed E-state index contributed by atoms with van der Waals surface area (Å²) in [5.74, 6) is -2.33. The number of rotatable bonds is 17. The van der Waals surface area contributed by atoms with Gasteiger partial charge in [-0.15, -0.1) is 0 Å². The molecule has 0 heterocycles. The van der Waals surface area contributed by atoms with Gasteiger partial charge < -0.3 is 15.7 Å². The van der Waals surface area contributed by atoms with Crippen molar-refractivity contribution < 1.29 is 34.5 Å². The summed E-state index contributed by atoms with van der Waals surface area (Å²) in [5, 5.41) is 14.7. The summed E-state index contributed by atoms with van der Waals surface area (Å²) in [7, 11) is 0. The largest absolute Gasteiger partial charge is 0.480 e. The Morgan fingerprint density at radius 3 is 1.47 bits per heavy atom. The molecule has 0 fully saturated rings. The molecule has 15 nitrogen and oxygen atoms in total. The van der Waals surface area contributed by atoms with Gasteiger partial charge in [-0.2, -0.15) is 0 Å². The molecular weight excluding hydrogens is 446 g/mol. The zero-order chi connectivity index (χ0) is 26.1. The van der Waals surface area contributed by atoms with Gasteiger partial charge in [-0.3, -0.25) is 59.0 Å². The summed E-state index contributed by atoms with van der Waals surface area (Å²) >= 11 is 0. The van der Waals surface area contributed by atoms with E-state index in [1.165, 1.54) is 0 Å². The number of hydrogen-bond acceptors (Lipinski definition) is 3. The third-order valence-corrected chi connectivity index (χ3v) is 4.84. The number of hydrogen-bond donors (Lipinski definition) is 12. The number of carbonyl (C=O) groups is 3. The van der Waals surface area contributed by atoms with Crippen LogP contribution in [0.15, 0.2) is 0 Å². The van der Waals surface area contributed by atoms with Crippen molar-refractivity contribution in [3.05, 3.63) is 0 Å². The number of nitrogens with one attached hydrogen (secondary N) is 5. The van der Waals surface area contributed by atoms with Crippen LogP contribution < -0.4 is 60.0 Å². The molecule has 3 unspecified atom stereocenters. The van der Waals surface area contributed by atoms with Crippen molar-refractivity contribution in [2.24, 2.45) is 40.3 Å². The normalized spacial score (nSPS) is 13.0. The first-order chi connectivity index (χ1) is 15.9. The first-order valence-electron chi connectivity index (χ1n) is 11.1. The zero-order valence-electron chi connectivity index (χ0n) is 19.7. The number of amides is 2. The minimum atomic E-state index is -1.19. The first-order valence-corrected chi connectivity index (χ1v) is 11.1. The Bertz CT molecular complexity index is 743. The Balaban J connectivity index is 5.10. The topological polar surface area (TPSA) is 294 Å². The second kappa shape index (κ2) is 16.8. The molecule has 0 bridgehead atoms. The molecule has 0 radical (unpaired) electrons. The van der Waals surface area contributed by atoms with E-state index in [4.69, 9.17) is 34.4 Å². The molecule has 0 aromatic heterocycles. The van der Waals surface area contributed by atoms with Crippen LogP contribution in [0.25, 0.3) is 0 Å². The number of carboxylic acids is 1. The smallest absolute Gasteiger partial charge is 0.338 e. The van der Waals surface area contributed by atoms with Gasteiger partial charge in [-0.25, -0.2) is 4.79 Å². The van der Waals surface area contributed by atoms with Crippen molar-refractivity contribution >= 4 is 35.7 Å². The lowest BCUT2D eigenvalue weighted by Crippen LogP contribution is -2.78. The molecule has 0 saturated heterocycles. The summed E-state index contributed by atoms with van der Waals surface area (Å²) in [6, 6.07) is -2.07. The van der Waals surface area contributed by atoms with Crippen LogP contribution >= 0.6 is 0 Å². The van der Waals surface area contributed by atoms with Crippen molar-refractivity contribution in [1.29, 1.82) is 0 Å². The Morgan fingerprint density at radius 2 is 1.06 bits per heavy atom. The molecule has 0 saturated carbocycles. The average molecular weight is 489 g/mol. The third-order valence-electron chi connectivity index (χ3n) is 4.84. The van der Waals surface area contributed by atoms with Crippen molar-refractivity contribution in [2.75, 3.05) is 19.6 Å². The number of carbonyl (C=O) groups excluding carboxylic acids is 2. The van der Waals surface area contributed by atoms with Crippen molar-refractivity contribution in [3.8, 4) is 0 Å².